The van der Waals surface area contributed by atoms with Crippen molar-refractivity contribution < 1.29 is 4.39 Å². The van der Waals surface area contributed by atoms with E-state index in [2.05, 4.69) is 37.5 Å². The maximum Gasteiger partial charge on any atom is 0.170 e. The molecule has 1 aliphatic heterocycles. The highest BCUT2D eigenvalue weighted by atomic mass is 79.9. The molecule has 0 amide bonds. The number of hydrazone groups is 1. The van der Waals surface area contributed by atoms with Crippen LogP contribution in [0.25, 0.3) is 0 Å². The predicted octanol–water partition coefficient (Wildman–Crippen LogP) is 0.862. The van der Waals surface area contributed by atoms with E-state index in [1.165, 1.54) is 12.1 Å². The van der Waals surface area contributed by atoms with Crippen LogP contribution < -0.4 is 16.5 Å². The fraction of sp³-hybridized carbons (Fsp3) is 0. The summed E-state index contributed by atoms with van der Waals surface area (Å²) in [5.41, 5.74) is 8.47. The molecule has 0 aromatic heterocycles. The van der Waals surface area contributed by atoms with Gasteiger partial charge in [-0.15, -0.1) is 10.6 Å². The van der Waals surface area contributed by atoms with Crippen LogP contribution in [0.4, 0.5) is 4.39 Å². The number of hydrogen-bond acceptors (Lipinski definition) is 4. The van der Waals surface area contributed by atoms with Gasteiger partial charge < -0.3 is 0 Å². The highest BCUT2D eigenvalue weighted by Crippen LogP contribution is 2.15. The van der Waals surface area contributed by atoms with Crippen LogP contribution in [0.3, 0.4) is 0 Å². The number of rotatable bonds is 1. The molecular weight excluding hydrogens is 239 g/mol. The fourth-order valence-corrected chi connectivity index (χ4v) is 1.49. The topological polar surface area (TPSA) is 48.5 Å². The monoisotopic (exact) mass is 244 g/mol. The maximum absolute atomic E-state index is 12.9. The molecule has 3 N–H and O–H groups in total. The summed E-state index contributed by atoms with van der Waals surface area (Å²) >= 11 is 3.20. The standard InChI is InChI=1S/C7H6BrFN4/c8-5-1-4(2-6(9)3-5)7-10-12-13-11-7/h1-3,12-13H,(H,10,11). The zero-order chi connectivity index (χ0) is 9.26. The van der Waals surface area contributed by atoms with Crippen LogP contribution in [0, 0.1) is 5.82 Å². The minimum absolute atomic E-state index is 0.305. The Kier molecular flexibility index (Phi) is 2.15. The summed E-state index contributed by atoms with van der Waals surface area (Å²) in [6, 6.07) is 4.55. The van der Waals surface area contributed by atoms with Gasteiger partial charge in [0.2, 0.25) is 0 Å². The second kappa shape index (κ2) is 3.31. The molecule has 0 fully saturated rings. The molecule has 13 heavy (non-hydrogen) atoms. The fourth-order valence-electron chi connectivity index (χ4n) is 1.03. The van der Waals surface area contributed by atoms with Crippen molar-refractivity contribution in [2.45, 2.75) is 0 Å². The number of benzene rings is 1. The first-order chi connectivity index (χ1) is 6.25. The molecule has 0 atom stereocenters. The van der Waals surface area contributed by atoms with E-state index in [0.717, 1.165) is 0 Å². The number of amidine groups is 1. The maximum atomic E-state index is 12.9. The summed E-state index contributed by atoms with van der Waals surface area (Å²) in [5, 5.41) is 3.85. The third-order valence-corrected chi connectivity index (χ3v) is 2.00. The number of halogens is 2. The van der Waals surface area contributed by atoms with Gasteiger partial charge in [0.1, 0.15) is 5.82 Å². The van der Waals surface area contributed by atoms with Crippen molar-refractivity contribution in [3.63, 3.8) is 0 Å². The molecule has 4 nitrogen and oxygen atoms in total. The Morgan fingerprint density at radius 3 is 2.77 bits per heavy atom. The predicted molar refractivity (Wildman–Crippen MR) is 50.0 cm³/mol. The zero-order valence-corrected chi connectivity index (χ0v) is 8.02. The summed E-state index contributed by atoms with van der Waals surface area (Å²) in [6.07, 6.45) is 0. The van der Waals surface area contributed by atoms with E-state index in [1.807, 2.05) is 0 Å². The van der Waals surface area contributed by atoms with Crippen LogP contribution in [0.15, 0.2) is 27.8 Å². The quantitative estimate of drug-likeness (QED) is 0.687. The highest BCUT2D eigenvalue weighted by Gasteiger charge is 2.09. The molecule has 1 aliphatic rings. The molecule has 2 rings (SSSR count). The van der Waals surface area contributed by atoms with Crippen molar-refractivity contribution in [1.29, 1.82) is 0 Å². The molecule has 0 saturated carbocycles. The van der Waals surface area contributed by atoms with Gasteiger partial charge in [-0.2, -0.15) is 0 Å². The smallest absolute Gasteiger partial charge is 0.170 e. The summed E-state index contributed by atoms with van der Waals surface area (Å²) < 4.78 is 13.6. The van der Waals surface area contributed by atoms with Crippen molar-refractivity contribution in [2.24, 2.45) is 5.10 Å². The molecule has 0 spiro atoms. The van der Waals surface area contributed by atoms with Crippen LogP contribution in [0.5, 0.6) is 0 Å². The molecule has 0 aliphatic carbocycles. The molecule has 0 radical (unpaired) electrons. The van der Waals surface area contributed by atoms with E-state index >= 15 is 0 Å². The van der Waals surface area contributed by atoms with Crippen LogP contribution in [-0.2, 0) is 0 Å². The molecule has 0 unspecified atom stereocenters. The summed E-state index contributed by atoms with van der Waals surface area (Å²) in [4.78, 5) is 0. The molecule has 1 aromatic rings. The lowest BCUT2D eigenvalue weighted by Crippen LogP contribution is -2.35. The Bertz CT molecular complexity index is 345. The van der Waals surface area contributed by atoms with Crippen molar-refractivity contribution in [2.75, 3.05) is 0 Å². The third kappa shape index (κ3) is 1.78. The van der Waals surface area contributed by atoms with Crippen LogP contribution in [0.2, 0.25) is 0 Å². The first-order valence-electron chi connectivity index (χ1n) is 3.56. The summed E-state index contributed by atoms with van der Waals surface area (Å²) in [5.74, 6) is 0.251. The first kappa shape index (κ1) is 8.46. The van der Waals surface area contributed by atoms with Crippen molar-refractivity contribution >= 4 is 21.8 Å². The first-order valence-corrected chi connectivity index (χ1v) is 4.35. The molecule has 6 heteroatoms. The zero-order valence-electron chi connectivity index (χ0n) is 6.44. The average Bonchev–Trinajstić information content (AvgIpc) is 2.53. The van der Waals surface area contributed by atoms with Crippen LogP contribution in [0.1, 0.15) is 5.56 Å². The molecule has 0 saturated heterocycles. The lowest BCUT2D eigenvalue weighted by Gasteiger charge is -2.01. The number of hydrazine groups is 2. The van der Waals surface area contributed by atoms with Gasteiger partial charge in [0.05, 0.1) is 0 Å². The van der Waals surface area contributed by atoms with Gasteiger partial charge in [-0.3, -0.25) is 5.43 Å². The Morgan fingerprint density at radius 1 is 1.31 bits per heavy atom. The van der Waals surface area contributed by atoms with Crippen LogP contribution in [-0.4, -0.2) is 5.84 Å². The Balaban J connectivity index is 2.39. The Labute approximate surface area is 82.3 Å². The Morgan fingerprint density at radius 2 is 2.15 bits per heavy atom. The van der Waals surface area contributed by atoms with Crippen LogP contribution >= 0.6 is 15.9 Å². The molecular formula is C7H6BrFN4. The molecule has 1 aromatic carbocycles. The van der Waals surface area contributed by atoms with Gasteiger partial charge >= 0.3 is 0 Å². The minimum Gasteiger partial charge on any atom is -0.285 e. The lowest BCUT2D eigenvalue weighted by molar-refractivity contribution is 0.577. The Hall–Kier alpha value is -1.14. The second-order valence-corrected chi connectivity index (χ2v) is 3.40. The number of hydrogen-bond donors (Lipinski definition) is 3. The number of nitrogens with zero attached hydrogens (tertiary/aromatic N) is 1. The minimum atomic E-state index is -0.305. The number of nitrogens with one attached hydrogen (secondary N) is 3. The van der Waals surface area contributed by atoms with Gasteiger partial charge in [0.15, 0.2) is 5.84 Å². The molecule has 0 bridgehead atoms. The van der Waals surface area contributed by atoms with E-state index in [4.69, 9.17) is 0 Å². The van der Waals surface area contributed by atoms with Gasteiger partial charge in [-0.05, 0) is 18.2 Å². The normalized spacial score (nSPS) is 14.8. The van der Waals surface area contributed by atoms with E-state index < -0.39 is 0 Å². The summed E-state index contributed by atoms with van der Waals surface area (Å²) in [6.45, 7) is 0. The lowest BCUT2D eigenvalue weighted by atomic mass is 10.2. The van der Waals surface area contributed by atoms with Gasteiger partial charge in [0, 0.05) is 10.0 Å². The van der Waals surface area contributed by atoms with E-state index in [1.54, 1.807) is 6.07 Å². The largest absolute Gasteiger partial charge is 0.285 e. The van der Waals surface area contributed by atoms with Crippen molar-refractivity contribution in [1.82, 2.24) is 16.5 Å². The SMILES string of the molecule is Fc1cc(Br)cc(C2=NNNN2)c1. The van der Waals surface area contributed by atoms with Gasteiger partial charge in [0.25, 0.3) is 0 Å². The van der Waals surface area contributed by atoms with E-state index in [-0.39, 0.29) is 5.82 Å². The molecule has 68 valence electrons. The van der Waals surface area contributed by atoms with Gasteiger partial charge in [-0.1, -0.05) is 15.9 Å². The second-order valence-electron chi connectivity index (χ2n) is 2.48. The highest BCUT2D eigenvalue weighted by molar-refractivity contribution is 9.10. The van der Waals surface area contributed by atoms with E-state index in [9.17, 15) is 4.39 Å². The van der Waals surface area contributed by atoms with E-state index in [0.29, 0.717) is 15.9 Å². The summed E-state index contributed by atoms with van der Waals surface area (Å²) in [7, 11) is 0. The molecule has 1 heterocycles. The van der Waals surface area contributed by atoms with Crippen molar-refractivity contribution in [3.8, 4) is 0 Å². The van der Waals surface area contributed by atoms with Crippen molar-refractivity contribution in [3.05, 3.63) is 34.1 Å². The van der Waals surface area contributed by atoms with Gasteiger partial charge in [-0.25, -0.2) is 9.93 Å². The third-order valence-electron chi connectivity index (χ3n) is 1.54. The average molecular weight is 245 g/mol.